The summed E-state index contributed by atoms with van der Waals surface area (Å²) in [4.78, 5) is 13.1. The van der Waals surface area contributed by atoms with Crippen molar-refractivity contribution >= 4 is 31.7 Å². The van der Waals surface area contributed by atoms with Gasteiger partial charge in [0.25, 0.3) is 0 Å². The Kier molecular flexibility index (Phi) is 3.15. The molecule has 4 nitrogen and oxygen atoms in total. The van der Waals surface area contributed by atoms with Crippen LogP contribution < -0.4 is 5.32 Å². The van der Waals surface area contributed by atoms with E-state index in [1.807, 2.05) is 6.92 Å². The lowest BCUT2D eigenvalue weighted by molar-refractivity contribution is -0.145. The number of alkyl halides is 1. The molecule has 6 heteroatoms. The summed E-state index contributed by atoms with van der Waals surface area (Å²) in [5.74, 6) is 1.72. The van der Waals surface area contributed by atoms with Gasteiger partial charge in [0.1, 0.15) is 0 Å². The van der Waals surface area contributed by atoms with Gasteiger partial charge in [0.2, 0.25) is 5.91 Å². The Morgan fingerprint density at radius 3 is 2.32 bits per heavy atom. The van der Waals surface area contributed by atoms with Gasteiger partial charge in [0, 0.05) is 4.32 Å². The topological polar surface area (TPSA) is 63.2 Å². The first-order valence-electron chi connectivity index (χ1n) is 8.33. The third kappa shape index (κ3) is 2.45. The van der Waals surface area contributed by atoms with Crippen LogP contribution in [0.15, 0.2) is 0 Å². The maximum absolute atomic E-state index is 13.1. The lowest BCUT2D eigenvalue weighted by atomic mass is 9.49. The van der Waals surface area contributed by atoms with Crippen molar-refractivity contribution in [1.29, 1.82) is 0 Å². The molecule has 5 rings (SSSR count). The normalized spacial score (nSPS) is 51.9. The molecule has 5 fully saturated rings. The van der Waals surface area contributed by atoms with Crippen molar-refractivity contribution in [2.45, 2.75) is 61.7 Å². The summed E-state index contributed by atoms with van der Waals surface area (Å²) in [5, 5.41) is 3.15. The van der Waals surface area contributed by atoms with Crippen LogP contribution in [0, 0.1) is 17.3 Å². The van der Waals surface area contributed by atoms with E-state index in [0.717, 1.165) is 19.3 Å². The Morgan fingerprint density at radius 1 is 1.18 bits per heavy atom. The molecule has 0 aromatic heterocycles. The summed E-state index contributed by atoms with van der Waals surface area (Å²) in [5.41, 5.74) is -0.832. The maximum Gasteiger partial charge on any atom is 0.226 e. The molecule has 3 unspecified atom stereocenters. The molecule has 3 atom stereocenters. The van der Waals surface area contributed by atoms with E-state index >= 15 is 0 Å². The predicted octanol–water partition coefficient (Wildman–Crippen LogP) is 2.41. The molecule has 124 valence electrons. The van der Waals surface area contributed by atoms with Crippen LogP contribution in [0.5, 0.6) is 0 Å². The van der Waals surface area contributed by atoms with Gasteiger partial charge in [0.15, 0.2) is 9.84 Å². The number of carbonyl (C=O) groups excluding carboxylic acids is 1. The fraction of sp³-hybridized carbons (Fsp3) is 0.938. The highest BCUT2D eigenvalue weighted by molar-refractivity contribution is 9.10. The van der Waals surface area contributed by atoms with Crippen LogP contribution in [-0.4, -0.2) is 35.7 Å². The summed E-state index contributed by atoms with van der Waals surface area (Å²) in [6.07, 6.45) is 7.12. The smallest absolute Gasteiger partial charge is 0.226 e. The number of carbonyl (C=O) groups is 1. The first-order valence-corrected chi connectivity index (χ1v) is 10.9. The standard InChI is InChI=1S/C16H24BrNO3S/c1-14(2-3-22(20,21)10-14)18-13(19)15-5-11-4-12(6-15)8-16(17,7-11)9-15/h11-12H,2-10H2,1H3,(H,18,19). The lowest BCUT2D eigenvalue weighted by Crippen LogP contribution is -2.61. The summed E-state index contributed by atoms with van der Waals surface area (Å²) >= 11 is 3.93. The molecular weight excluding hydrogens is 366 g/mol. The SMILES string of the molecule is CC1(NC(=O)C23CC4CC(CC(Br)(C4)C2)C3)CCS(=O)(=O)C1. The molecule has 1 heterocycles. The molecular formula is C16H24BrNO3S. The Labute approximate surface area is 140 Å². The average molecular weight is 390 g/mol. The molecule has 0 radical (unpaired) electrons. The van der Waals surface area contributed by atoms with Crippen molar-refractivity contribution in [1.82, 2.24) is 5.32 Å². The minimum atomic E-state index is -2.99. The second-order valence-electron chi connectivity index (χ2n) is 8.75. The highest BCUT2D eigenvalue weighted by Gasteiger charge is 2.60. The molecule has 1 N–H and O–H groups in total. The van der Waals surface area contributed by atoms with Crippen molar-refractivity contribution in [3.63, 3.8) is 0 Å². The number of sulfone groups is 1. The number of amides is 1. The second-order valence-corrected chi connectivity index (χ2v) is 12.6. The molecule has 0 aromatic carbocycles. The maximum atomic E-state index is 13.1. The molecule has 5 aliphatic rings. The van der Waals surface area contributed by atoms with Gasteiger partial charge in [-0.05, 0) is 63.7 Å². The predicted molar refractivity (Wildman–Crippen MR) is 88.6 cm³/mol. The quantitative estimate of drug-likeness (QED) is 0.737. The van der Waals surface area contributed by atoms with Crippen molar-refractivity contribution in [3.8, 4) is 0 Å². The van der Waals surface area contributed by atoms with Crippen LogP contribution in [0.1, 0.15) is 51.9 Å². The second kappa shape index (κ2) is 4.50. The van der Waals surface area contributed by atoms with E-state index in [-0.39, 0.29) is 27.2 Å². The largest absolute Gasteiger partial charge is 0.349 e. The zero-order valence-corrected chi connectivity index (χ0v) is 15.4. The fourth-order valence-corrected chi connectivity index (χ4v) is 9.48. The minimum Gasteiger partial charge on any atom is -0.349 e. The van der Waals surface area contributed by atoms with E-state index in [0.29, 0.717) is 18.3 Å². The highest BCUT2D eigenvalue weighted by Crippen LogP contribution is 2.64. The van der Waals surface area contributed by atoms with Crippen LogP contribution in [-0.2, 0) is 14.6 Å². The number of hydrogen-bond acceptors (Lipinski definition) is 3. The zero-order chi connectivity index (χ0) is 15.8. The van der Waals surface area contributed by atoms with Crippen LogP contribution in [0.2, 0.25) is 0 Å². The molecule has 1 aliphatic heterocycles. The van der Waals surface area contributed by atoms with E-state index in [1.165, 1.54) is 19.3 Å². The molecule has 0 spiro atoms. The van der Waals surface area contributed by atoms with E-state index in [2.05, 4.69) is 21.2 Å². The van der Waals surface area contributed by atoms with Gasteiger partial charge in [-0.15, -0.1) is 0 Å². The number of hydrogen-bond donors (Lipinski definition) is 1. The first-order chi connectivity index (χ1) is 10.1. The van der Waals surface area contributed by atoms with Crippen molar-refractivity contribution < 1.29 is 13.2 Å². The monoisotopic (exact) mass is 389 g/mol. The van der Waals surface area contributed by atoms with Crippen LogP contribution in [0.25, 0.3) is 0 Å². The molecule has 4 saturated carbocycles. The molecule has 1 amide bonds. The lowest BCUT2D eigenvalue weighted by Gasteiger charge is -2.59. The van der Waals surface area contributed by atoms with Gasteiger partial charge < -0.3 is 5.32 Å². The van der Waals surface area contributed by atoms with E-state index in [9.17, 15) is 13.2 Å². The highest BCUT2D eigenvalue weighted by atomic mass is 79.9. The molecule has 1 saturated heterocycles. The first kappa shape index (κ1) is 15.4. The molecule has 22 heavy (non-hydrogen) atoms. The summed E-state index contributed by atoms with van der Waals surface area (Å²) in [6, 6.07) is 0. The third-order valence-corrected chi connectivity index (χ3v) is 9.22. The van der Waals surface area contributed by atoms with Gasteiger partial charge >= 0.3 is 0 Å². The number of halogens is 1. The van der Waals surface area contributed by atoms with E-state index in [4.69, 9.17) is 0 Å². The zero-order valence-electron chi connectivity index (χ0n) is 13.0. The number of rotatable bonds is 2. The van der Waals surface area contributed by atoms with Crippen molar-refractivity contribution in [2.24, 2.45) is 17.3 Å². The molecule has 4 bridgehead atoms. The van der Waals surface area contributed by atoms with Gasteiger partial charge in [0.05, 0.1) is 22.5 Å². The van der Waals surface area contributed by atoms with Gasteiger partial charge in [-0.25, -0.2) is 8.42 Å². The Balaban J connectivity index is 1.56. The van der Waals surface area contributed by atoms with Crippen LogP contribution >= 0.6 is 15.9 Å². The molecule has 4 aliphatic carbocycles. The van der Waals surface area contributed by atoms with Crippen LogP contribution in [0.4, 0.5) is 0 Å². The van der Waals surface area contributed by atoms with Gasteiger partial charge in [-0.3, -0.25) is 4.79 Å². The average Bonchev–Trinajstić information content (AvgIpc) is 2.60. The Morgan fingerprint density at radius 2 is 1.82 bits per heavy atom. The number of nitrogens with one attached hydrogen (secondary N) is 1. The summed E-state index contributed by atoms with van der Waals surface area (Å²) < 4.78 is 23.7. The Hall–Kier alpha value is -0.100. The summed E-state index contributed by atoms with van der Waals surface area (Å²) in [6.45, 7) is 1.89. The van der Waals surface area contributed by atoms with Crippen molar-refractivity contribution in [2.75, 3.05) is 11.5 Å². The van der Waals surface area contributed by atoms with E-state index < -0.39 is 15.4 Å². The summed E-state index contributed by atoms with van der Waals surface area (Å²) in [7, 11) is -2.99. The van der Waals surface area contributed by atoms with Crippen molar-refractivity contribution in [3.05, 3.63) is 0 Å². The molecule has 0 aromatic rings. The third-order valence-electron chi connectivity index (χ3n) is 6.39. The Bertz CT molecular complexity index is 617. The van der Waals surface area contributed by atoms with E-state index in [1.54, 1.807) is 0 Å². The minimum absolute atomic E-state index is 0.0914. The van der Waals surface area contributed by atoms with Gasteiger partial charge in [-0.1, -0.05) is 15.9 Å². The fourth-order valence-electron chi connectivity index (χ4n) is 5.93. The van der Waals surface area contributed by atoms with Crippen LogP contribution in [0.3, 0.4) is 0 Å². The van der Waals surface area contributed by atoms with Gasteiger partial charge in [-0.2, -0.15) is 0 Å².